The molecule has 1 amide bonds. The first kappa shape index (κ1) is 21.2. The van der Waals surface area contributed by atoms with E-state index in [0.717, 1.165) is 24.9 Å². The molecule has 1 N–H and O–H groups in total. The van der Waals surface area contributed by atoms with Crippen LogP contribution in [-0.4, -0.2) is 29.0 Å². The molecule has 6 nitrogen and oxygen atoms in total. The zero-order chi connectivity index (χ0) is 21.8. The highest BCUT2D eigenvalue weighted by Crippen LogP contribution is 2.32. The molecule has 1 aliphatic rings. The van der Waals surface area contributed by atoms with Gasteiger partial charge in [0.2, 0.25) is 5.91 Å². The van der Waals surface area contributed by atoms with E-state index in [2.05, 4.69) is 31.2 Å². The molecule has 8 heteroatoms. The Morgan fingerprint density at radius 1 is 1.23 bits per heavy atom. The van der Waals surface area contributed by atoms with Gasteiger partial charge in [0.25, 0.3) is 5.88 Å². The Labute approximate surface area is 188 Å². The molecule has 31 heavy (non-hydrogen) atoms. The first-order valence-electron chi connectivity index (χ1n) is 10.1. The lowest BCUT2D eigenvalue weighted by atomic mass is 9.97. The maximum Gasteiger partial charge on any atom is 0.263 e. The van der Waals surface area contributed by atoms with Crippen molar-refractivity contribution in [1.29, 1.82) is 0 Å². The van der Waals surface area contributed by atoms with Crippen molar-refractivity contribution in [3.05, 3.63) is 70.7 Å². The fourth-order valence-corrected chi connectivity index (χ4v) is 3.83. The number of para-hydroxylation sites is 1. The fourth-order valence-electron chi connectivity index (χ4n) is 3.58. The fraction of sp³-hybridized carbons (Fsp3) is 0.261. The zero-order valence-electron chi connectivity index (χ0n) is 17.0. The van der Waals surface area contributed by atoms with E-state index in [1.54, 1.807) is 24.5 Å². The second kappa shape index (κ2) is 9.43. The van der Waals surface area contributed by atoms with Crippen LogP contribution < -0.4 is 15.0 Å². The van der Waals surface area contributed by atoms with Gasteiger partial charge in [-0.15, -0.1) is 0 Å². The Balaban J connectivity index is 1.49. The standard InChI is InChI=1S/C23H22BrFN4O2/c1-15-5-2-3-7-20(15)31-23-21(26-10-11-27-23)29-12-4-6-16(14-29)22(30)28-17-8-9-18(24)19(25)13-17/h2-3,5,7-11,13,16H,4,6,12,14H2,1H3,(H,28,30). The van der Waals surface area contributed by atoms with Crippen molar-refractivity contribution in [2.45, 2.75) is 19.8 Å². The number of amides is 1. The van der Waals surface area contributed by atoms with Crippen LogP contribution >= 0.6 is 15.9 Å². The first-order chi connectivity index (χ1) is 15.0. The molecule has 1 atom stereocenters. The van der Waals surface area contributed by atoms with Crippen LogP contribution in [0.2, 0.25) is 0 Å². The summed E-state index contributed by atoms with van der Waals surface area (Å²) in [6, 6.07) is 12.3. The predicted octanol–water partition coefficient (Wildman–Crippen LogP) is 5.33. The molecule has 0 aliphatic carbocycles. The third-order valence-corrected chi connectivity index (χ3v) is 5.87. The summed E-state index contributed by atoms with van der Waals surface area (Å²) in [5, 5.41) is 2.82. The third-order valence-electron chi connectivity index (χ3n) is 5.23. The number of halogens is 2. The van der Waals surface area contributed by atoms with Crippen molar-refractivity contribution in [3.63, 3.8) is 0 Å². The number of aromatic nitrogens is 2. The first-order valence-corrected chi connectivity index (χ1v) is 10.9. The van der Waals surface area contributed by atoms with Gasteiger partial charge in [-0.1, -0.05) is 18.2 Å². The minimum atomic E-state index is -0.416. The number of hydrogen-bond acceptors (Lipinski definition) is 5. The molecular formula is C23H22BrFN4O2. The maximum absolute atomic E-state index is 13.8. The van der Waals surface area contributed by atoms with Crippen LogP contribution in [0.5, 0.6) is 11.6 Å². The van der Waals surface area contributed by atoms with Crippen LogP contribution in [-0.2, 0) is 4.79 Å². The summed E-state index contributed by atoms with van der Waals surface area (Å²) in [7, 11) is 0. The van der Waals surface area contributed by atoms with Gasteiger partial charge in [0.05, 0.1) is 10.4 Å². The Kier molecular flexibility index (Phi) is 6.46. The van der Waals surface area contributed by atoms with Gasteiger partial charge in [0.15, 0.2) is 5.82 Å². The van der Waals surface area contributed by atoms with E-state index in [0.29, 0.717) is 34.2 Å². The Morgan fingerprint density at radius 2 is 2.03 bits per heavy atom. The quantitative estimate of drug-likeness (QED) is 0.529. The number of carbonyl (C=O) groups excluding carboxylic acids is 1. The van der Waals surface area contributed by atoms with Gasteiger partial charge in [0, 0.05) is 31.2 Å². The topological polar surface area (TPSA) is 67.4 Å². The number of aryl methyl sites for hydroxylation is 1. The molecule has 0 radical (unpaired) electrons. The zero-order valence-corrected chi connectivity index (χ0v) is 18.6. The molecule has 1 fully saturated rings. The second-order valence-corrected chi connectivity index (χ2v) is 8.31. The highest BCUT2D eigenvalue weighted by atomic mass is 79.9. The van der Waals surface area contributed by atoms with Crippen LogP contribution in [0, 0.1) is 18.7 Å². The monoisotopic (exact) mass is 484 g/mol. The van der Waals surface area contributed by atoms with E-state index in [4.69, 9.17) is 4.74 Å². The van der Waals surface area contributed by atoms with E-state index >= 15 is 0 Å². The summed E-state index contributed by atoms with van der Waals surface area (Å²) in [6.45, 7) is 3.20. The van der Waals surface area contributed by atoms with Gasteiger partial charge < -0.3 is 15.0 Å². The van der Waals surface area contributed by atoms with Crippen LogP contribution in [0.15, 0.2) is 59.3 Å². The molecule has 1 unspecified atom stereocenters. The Morgan fingerprint density at radius 3 is 2.84 bits per heavy atom. The van der Waals surface area contributed by atoms with E-state index in [-0.39, 0.29) is 11.8 Å². The van der Waals surface area contributed by atoms with Crippen molar-refractivity contribution < 1.29 is 13.9 Å². The minimum Gasteiger partial charge on any atom is -0.436 e. The summed E-state index contributed by atoms with van der Waals surface area (Å²) in [5.41, 5.74) is 1.43. The van der Waals surface area contributed by atoms with Crippen molar-refractivity contribution in [2.75, 3.05) is 23.3 Å². The summed E-state index contributed by atoms with van der Waals surface area (Å²) >= 11 is 3.12. The molecule has 3 aromatic rings. The third kappa shape index (κ3) is 5.02. The van der Waals surface area contributed by atoms with Crippen LogP contribution in [0.4, 0.5) is 15.9 Å². The van der Waals surface area contributed by atoms with Gasteiger partial charge in [-0.25, -0.2) is 14.4 Å². The lowest BCUT2D eigenvalue weighted by molar-refractivity contribution is -0.120. The summed E-state index contributed by atoms with van der Waals surface area (Å²) in [5.74, 6) is 0.921. The van der Waals surface area contributed by atoms with Crippen LogP contribution in [0.25, 0.3) is 0 Å². The van der Waals surface area contributed by atoms with Crippen molar-refractivity contribution >= 4 is 33.3 Å². The molecule has 0 spiro atoms. The highest BCUT2D eigenvalue weighted by Gasteiger charge is 2.29. The van der Waals surface area contributed by atoms with E-state index in [1.165, 1.54) is 6.07 Å². The number of nitrogens with one attached hydrogen (secondary N) is 1. The number of ether oxygens (including phenoxy) is 1. The second-order valence-electron chi connectivity index (χ2n) is 7.46. The van der Waals surface area contributed by atoms with Crippen molar-refractivity contribution in [2.24, 2.45) is 5.92 Å². The van der Waals surface area contributed by atoms with E-state index < -0.39 is 5.82 Å². The summed E-state index contributed by atoms with van der Waals surface area (Å²) in [4.78, 5) is 23.7. The van der Waals surface area contributed by atoms with Gasteiger partial charge >= 0.3 is 0 Å². The molecule has 0 bridgehead atoms. The number of piperidine rings is 1. The molecule has 1 aliphatic heterocycles. The van der Waals surface area contributed by atoms with Crippen LogP contribution in [0.3, 0.4) is 0 Å². The summed E-state index contributed by atoms with van der Waals surface area (Å²) in [6.07, 6.45) is 4.78. The molecule has 1 aromatic heterocycles. The molecule has 0 saturated carbocycles. The average Bonchev–Trinajstić information content (AvgIpc) is 2.78. The minimum absolute atomic E-state index is 0.142. The smallest absolute Gasteiger partial charge is 0.263 e. The lowest BCUT2D eigenvalue weighted by Crippen LogP contribution is -2.41. The van der Waals surface area contributed by atoms with Gasteiger partial charge in [0.1, 0.15) is 11.6 Å². The normalized spacial score (nSPS) is 16.1. The maximum atomic E-state index is 13.8. The molecule has 1 saturated heterocycles. The Bertz CT molecular complexity index is 1090. The lowest BCUT2D eigenvalue weighted by Gasteiger charge is -2.33. The molecule has 2 aromatic carbocycles. The van der Waals surface area contributed by atoms with E-state index in [9.17, 15) is 9.18 Å². The van der Waals surface area contributed by atoms with Crippen LogP contribution in [0.1, 0.15) is 18.4 Å². The molecule has 160 valence electrons. The molecule has 2 heterocycles. The number of anilines is 2. The van der Waals surface area contributed by atoms with Gasteiger partial charge in [-0.05, 0) is 65.5 Å². The Hall–Kier alpha value is -3.00. The number of benzene rings is 2. The molecule has 4 rings (SSSR count). The predicted molar refractivity (Wildman–Crippen MR) is 121 cm³/mol. The van der Waals surface area contributed by atoms with Crippen molar-refractivity contribution in [3.8, 4) is 11.6 Å². The SMILES string of the molecule is Cc1ccccc1Oc1nccnc1N1CCCC(C(=O)Nc2ccc(Br)c(F)c2)C1. The highest BCUT2D eigenvalue weighted by molar-refractivity contribution is 9.10. The number of carbonyl (C=O) groups is 1. The van der Waals surface area contributed by atoms with Crippen molar-refractivity contribution in [1.82, 2.24) is 9.97 Å². The van der Waals surface area contributed by atoms with Gasteiger partial charge in [-0.2, -0.15) is 0 Å². The number of hydrogen-bond donors (Lipinski definition) is 1. The average molecular weight is 485 g/mol. The van der Waals surface area contributed by atoms with Gasteiger partial charge in [-0.3, -0.25) is 4.79 Å². The largest absolute Gasteiger partial charge is 0.436 e. The number of nitrogens with zero attached hydrogens (tertiary/aromatic N) is 3. The summed E-state index contributed by atoms with van der Waals surface area (Å²) < 4.78 is 20.2. The van der Waals surface area contributed by atoms with E-state index in [1.807, 2.05) is 36.1 Å². The molecular weight excluding hydrogens is 463 g/mol. The number of rotatable bonds is 5.